The molecule has 0 atom stereocenters. The van der Waals surface area contributed by atoms with Gasteiger partial charge in [0.2, 0.25) is 0 Å². The van der Waals surface area contributed by atoms with Crippen molar-refractivity contribution in [1.82, 2.24) is 10.3 Å². The highest BCUT2D eigenvalue weighted by molar-refractivity contribution is 5.48. The number of hydrogen-bond acceptors (Lipinski definition) is 4. The Balaban J connectivity index is 2.45. The van der Waals surface area contributed by atoms with E-state index in [0.717, 1.165) is 24.9 Å². The molecule has 0 unspecified atom stereocenters. The Labute approximate surface area is 94.4 Å². The minimum atomic E-state index is -0.507. The highest BCUT2D eigenvalue weighted by Gasteiger charge is 2.03. The van der Waals surface area contributed by atoms with Gasteiger partial charge in [-0.15, -0.1) is 0 Å². The van der Waals surface area contributed by atoms with Gasteiger partial charge >= 0.3 is 5.82 Å². The van der Waals surface area contributed by atoms with Crippen LogP contribution in [0.2, 0.25) is 0 Å². The zero-order valence-corrected chi connectivity index (χ0v) is 9.22. The number of nitro groups is 1. The summed E-state index contributed by atoms with van der Waals surface area (Å²) in [6, 6.07) is 3.06. The minimum Gasteiger partial charge on any atom is -0.391 e. The molecule has 0 amide bonds. The van der Waals surface area contributed by atoms with E-state index < -0.39 is 4.92 Å². The van der Waals surface area contributed by atoms with E-state index in [1.807, 2.05) is 12.3 Å². The number of rotatable bonds is 6. The molecule has 0 saturated carbocycles. The zero-order valence-electron chi connectivity index (χ0n) is 9.22. The second-order valence-electron chi connectivity index (χ2n) is 3.35. The van der Waals surface area contributed by atoms with Crippen molar-refractivity contribution < 1.29 is 4.92 Å². The van der Waals surface area contributed by atoms with E-state index in [2.05, 4.69) is 17.2 Å². The summed E-state index contributed by atoms with van der Waals surface area (Å²) in [6.07, 6.45) is 7.43. The molecule has 1 heterocycles. The van der Waals surface area contributed by atoms with Gasteiger partial charge in [0, 0.05) is 18.2 Å². The van der Waals surface area contributed by atoms with Crippen molar-refractivity contribution in [2.24, 2.45) is 0 Å². The van der Waals surface area contributed by atoms with Crippen LogP contribution in [0.5, 0.6) is 0 Å². The van der Waals surface area contributed by atoms with Crippen molar-refractivity contribution in [2.75, 3.05) is 6.54 Å². The first kappa shape index (κ1) is 12.2. The first-order valence-electron chi connectivity index (χ1n) is 5.24. The van der Waals surface area contributed by atoms with Gasteiger partial charge in [-0.3, -0.25) is 0 Å². The molecule has 0 radical (unpaired) electrons. The Kier molecular flexibility index (Phi) is 4.98. The molecule has 16 heavy (non-hydrogen) atoms. The van der Waals surface area contributed by atoms with Gasteiger partial charge < -0.3 is 15.4 Å². The van der Waals surface area contributed by atoms with Crippen molar-refractivity contribution in [2.45, 2.75) is 19.8 Å². The summed E-state index contributed by atoms with van der Waals surface area (Å²) >= 11 is 0. The molecule has 5 nitrogen and oxygen atoms in total. The van der Waals surface area contributed by atoms with Gasteiger partial charge in [0.1, 0.15) is 6.20 Å². The largest absolute Gasteiger partial charge is 0.391 e. The van der Waals surface area contributed by atoms with Crippen molar-refractivity contribution in [1.29, 1.82) is 0 Å². The Morgan fingerprint density at radius 3 is 2.94 bits per heavy atom. The standard InChI is InChI=1S/C11H15N3O2/c1-2-3-7-12-8-6-10-4-5-11(13-9-10)14(15)16/h4-6,8-9,12H,2-3,7H2,1H3/b8-6+. The lowest BCUT2D eigenvalue weighted by molar-refractivity contribution is -0.389. The molecule has 1 aromatic rings. The van der Waals surface area contributed by atoms with Gasteiger partial charge in [-0.25, -0.2) is 0 Å². The van der Waals surface area contributed by atoms with Gasteiger partial charge in [0.15, 0.2) is 0 Å². The smallest absolute Gasteiger partial charge is 0.363 e. The predicted molar refractivity (Wildman–Crippen MR) is 62.8 cm³/mol. The first-order valence-corrected chi connectivity index (χ1v) is 5.24. The second kappa shape index (κ2) is 6.55. The Hall–Kier alpha value is -1.91. The van der Waals surface area contributed by atoms with E-state index in [0.29, 0.717) is 0 Å². The van der Waals surface area contributed by atoms with Crippen LogP contribution < -0.4 is 5.32 Å². The fourth-order valence-corrected chi connectivity index (χ4v) is 1.12. The summed E-state index contributed by atoms with van der Waals surface area (Å²) in [5.41, 5.74) is 0.842. The predicted octanol–water partition coefficient (Wildman–Crippen LogP) is 2.35. The molecule has 0 spiro atoms. The average molecular weight is 221 g/mol. The third kappa shape index (κ3) is 4.08. The molecule has 1 aromatic heterocycles. The highest BCUT2D eigenvalue weighted by atomic mass is 16.6. The lowest BCUT2D eigenvalue weighted by Gasteiger charge is -1.97. The number of hydrogen-bond donors (Lipinski definition) is 1. The van der Waals surface area contributed by atoms with Crippen molar-refractivity contribution >= 4 is 11.9 Å². The number of unbranched alkanes of at least 4 members (excludes halogenated alkanes) is 1. The number of nitrogens with zero attached hydrogens (tertiary/aromatic N) is 2. The fourth-order valence-electron chi connectivity index (χ4n) is 1.12. The summed E-state index contributed by atoms with van der Waals surface area (Å²) in [5.74, 6) is -0.129. The molecule has 5 heteroatoms. The number of nitrogens with one attached hydrogen (secondary N) is 1. The third-order valence-corrected chi connectivity index (χ3v) is 2.03. The van der Waals surface area contributed by atoms with Crippen LogP contribution in [0, 0.1) is 10.1 Å². The molecule has 1 N–H and O–H groups in total. The number of pyridine rings is 1. The summed E-state index contributed by atoms with van der Waals surface area (Å²) < 4.78 is 0. The Morgan fingerprint density at radius 1 is 1.56 bits per heavy atom. The van der Waals surface area contributed by atoms with Crippen molar-refractivity contribution in [3.63, 3.8) is 0 Å². The van der Waals surface area contributed by atoms with Gasteiger partial charge in [0.25, 0.3) is 0 Å². The highest BCUT2D eigenvalue weighted by Crippen LogP contribution is 2.08. The molecule has 0 aromatic carbocycles. The second-order valence-corrected chi connectivity index (χ2v) is 3.35. The van der Waals surface area contributed by atoms with Gasteiger partial charge in [-0.05, 0) is 34.7 Å². The molecule has 0 aliphatic carbocycles. The molecule has 0 fully saturated rings. The molecule has 1 rings (SSSR count). The van der Waals surface area contributed by atoms with Crippen LogP contribution in [-0.4, -0.2) is 16.5 Å². The van der Waals surface area contributed by atoms with Crippen LogP contribution in [0.25, 0.3) is 6.08 Å². The summed E-state index contributed by atoms with van der Waals surface area (Å²) in [7, 11) is 0. The van der Waals surface area contributed by atoms with Crippen molar-refractivity contribution in [3.8, 4) is 0 Å². The van der Waals surface area contributed by atoms with E-state index in [-0.39, 0.29) is 5.82 Å². The quantitative estimate of drug-likeness (QED) is 0.455. The van der Waals surface area contributed by atoms with E-state index in [1.54, 1.807) is 6.07 Å². The maximum atomic E-state index is 10.4. The molecular formula is C11H15N3O2. The average Bonchev–Trinajstić information content (AvgIpc) is 2.29. The zero-order chi connectivity index (χ0) is 11.8. The van der Waals surface area contributed by atoms with E-state index in [4.69, 9.17) is 0 Å². The molecule has 0 saturated heterocycles. The number of aromatic nitrogens is 1. The van der Waals surface area contributed by atoms with Crippen LogP contribution in [0.3, 0.4) is 0 Å². The summed E-state index contributed by atoms with van der Waals surface area (Å²) in [5, 5.41) is 13.5. The topological polar surface area (TPSA) is 68.1 Å². The van der Waals surface area contributed by atoms with Gasteiger partial charge in [-0.1, -0.05) is 13.3 Å². The molecule has 0 aliphatic rings. The van der Waals surface area contributed by atoms with Gasteiger partial charge in [0.05, 0.1) is 0 Å². The van der Waals surface area contributed by atoms with E-state index >= 15 is 0 Å². The maximum absolute atomic E-state index is 10.4. The van der Waals surface area contributed by atoms with E-state index in [9.17, 15) is 10.1 Å². The minimum absolute atomic E-state index is 0.129. The molecular weight excluding hydrogens is 206 g/mol. The molecule has 86 valence electrons. The normalized spacial score (nSPS) is 10.6. The SMILES string of the molecule is CCCCN/C=C/c1ccc([N+](=O)[O-])nc1. The monoisotopic (exact) mass is 221 g/mol. The third-order valence-electron chi connectivity index (χ3n) is 2.03. The maximum Gasteiger partial charge on any atom is 0.363 e. The lowest BCUT2D eigenvalue weighted by Crippen LogP contribution is -2.05. The Bertz CT molecular complexity index is 360. The van der Waals surface area contributed by atoms with Crippen molar-refractivity contribution in [3.05, 3.63) is 40.2 Å². The fraction of sp³-hybridized carbons (Fsp3) is 0.364. The molecule has 0 bridgehead atoms. The summed E-state index contributed by atoms with van der Waals surface area (Å²) in [4.78, 5) is 13.6. The molecule has 0 aliphatic heterocycles. The summed E-state index contributed by atoms with van der Waals surface area (Å²) in [6.45, 7) is 3.07. The van der Waals surface area contributed by atoms with E-state index in [1.165, 1.54) is 12.3 Å². The Morgan fingerprint density at radius 2 is 2.38 bits per heavy atom. The van der Waals surface area contributed by atoms with Crippen LogP contribution in [-0.2, 0) is 0 Å². The van der Waals surface area contributed by atoms with Crippen LogP contribution in [0.1, 0.15) is 25.3 Å². The lowest BCUT2D eigenvalue weighted by atomic mass is 10.3. The van der Waals surface area contributed by atoms with Crippen LogP contribution in [0.15, 0.2) is 24.5 Å². The van der Waals surface area contributed by atoms with Crippen LogP contribution >= 0.6 is 0 Å². The first-order chi connectivity index (χ1) is 7.74. The van der Waals surface area contributed by atoms with Gasteiger partial charge in [-0.2, -0.15) is 0 Å². The van der Waals surface area contributed by atoms with Crippen LogP contribution in [0.4, 0.5) is 5.82 Å².